The van der Waals surface area contributed by atoms with Crippen LogP contribution in [0.1, 0.15) is 33.3 Å². The Bertz CT molecular complexity index is 847. The van der Waals surface area contributed by atoms with Gasteiger partial charge in [0.1, 0.15) is 5.82 Å². The van der Waals surface area contributed by atoms with Crippen LogP contribution in [0.25, 0.3) is 22.3 Å². The van der Waals surface area contributed by atoms with Gasteiger partial charge in [-0.3, -0.25) is 9.71 Å². The van der Waals surface area contributed by atoms with Crippen LogP contribution < -0.4 is 4.72 Å². The third-order valence-corrected chi connectivity index (χ3v) is 4.85. The largest absolute Gasteiger partial charge is 0.353 e. The number of nitrogens with one attached hydrogen (secondary N) is 2. The molecule has 3 aromatic rings. The number of aromatic amines is 1. The van der Waals surface area contributed by atoms with Gasteiger partial charge in [0.25, 0.3) is 0 Å². The van der Waals surface area contributed by atoms with Crippen LogP contribution in [0, 0.1) is 5.82 Å². The highest BCUT2D eigenvalue weighted by Crippen LogP contribution is 2.26. The predicted molar refractivity (Wildman–Crippen MR) is 99.6 cm³/mol. The molecule has 0 saturated carbocycles. The van der Waals surface area contributed by atoms with Gasteiger partial charge in [-0.05, 0) is 75.0 Å². The second-order valence-electron chi connectivity index (χ2n) is 6.90. The van der Waals surface area contributed by atoms with Crippen LogP contribution in [-0.2, 0) is 6.42 Å². The molecule has 2 aromatic heterocycles. The highest BCUT2D eigenvalue weighted by molar-refractivity contribution is 7.97. The first-order valence-corrected chi connectivity index (χ1v) is 8.89. The first-order chi connectivity index (χ1) is 11.4. The van der Waals surface area contributed by atoms with Crippen molar-refractivity contribution < 1.29 is 4.39 Å². The van der Waals surface area contributed by atoms with E-state index in [2.05, 4.69) is 35.5 Å². The van der Waals surface area contributed by atoms with E-state index in [-0.39, 0.29) is 11.4 Å². The molecule has 0 fully saturated rings. The van der Waals surface area contributed by atoms with E-state index < -0.39 is 0 Å². The Morgan fingerprint density at radius 2 is 2.00 bits per heavy atom. The van der Waals surface area contributed by atoms with Gasteiger partial charge in [0, 0.05) is 27.5 Å². The number of aromatic nitrogens is 2. The van der Waals surface area contributed by atoms with Crippen molar-refractivity contribution >= 4 is 22.9 Å². The fourth-order valence-electron chi connectivity index (χ4n) is 2.42. The molecule has 126 valence electrons. The van der Waals surface area contributed by atoms with Crippen LogP contribution in [0.2, 0.25) is 0 Å². The average Bonchev–Trinajstić information content (AvgIpc) is 2.94. The van der Waals surface area contributed by atoms with Crippen LogP contribution in [0.5, 0.6) is 0 Å². The Kier molecular flexibility index (Phi) is 4.65. The summed E-state index contributed by atoms with van der Waals surface area (Å²) in [6, 6.07) is 9.43. The number of aryl methyl sites for hydroxylation is 1. The lowest BCUT2D eigenvalue weighted by Gasteiger charge is -2.19. The number of pyridine rings is 1. The number of hydrogen-bond acceptors (Lipinski definition) is 3. The first kappa shape index (κ1) is 17.0. The summed E-state index contributed by atoms with van der Waals surface area (Å²) >= 11 is 1.57. The van der Waals surface area contributed by atoms with Crippen molar-refractivity contribution in [3.8, 4) is 11.4 Å². The Balaban J connectivity index is 1.85. The Labute approximate surface area is 146 Å². The van der Waals surface area contributed by atoms with Crippen molar-refractivity contribution in [3.05, 3.63) is 47.9 Å². The molecule has 2 N–H and O–H groups in total. The maximum Gasteiger partial charge on any atom is 0.127 e. The molecule has 0 aliphatic carbocycles. The maximum atomic E-state index is 13.9. The van der Waals surface area contributed by atoms with E-state index in [1.807, 2.05) is 37.4 Å². The van der Waals surface area contributed by atoms with Gasteiger partial charge < -0.3 is 4.98 Å². The minimum Gasteiger partial charge on any atom is -0.353 e. The molecule has 0 atom stereocenters. The van der Waals surface area contributed by atoms with Gasteiger partial charge in [-0.25, -0.2) is 4.39 Å². The normalized spacial score (nSPS) is 12.0. The van der Waals surface area contributed by atoms with E-state index in [4.69, 9.17) is 0 Å². The number of nitrogens with zero attached hydrogens (tertiary/aromatic N) is 1. The molecule has 0 bridgehead atoms. The third-order valence-electron chi connectivity index (χ3n) is 3.66. The van der Waals surface area contributed by atoms with E-state index in [0.29, 0.717) is 6.42 Å². The molecule has 3 nitrogen and oxygen atoms in total. The third kappa shape index (κ3) is 3.79. The molecular formula is C19H22FN3S. The molecule has 0 unspecified atom stereocenters. The van der Waals surface area contributed by atoms with Gasteiger partial charge in [-0.2, -0.15) is 0 Å². The summed E-state index contributed by atoms with van der Waals surface area (Å²) in [4.78, 5) is 8.92. The smallest absolute Gasteiger partial charge is 0.127 e. The molecule has 0 spiro atoms. The average molecular weight is 343 g/mol. The van der Waals surface area contributed by atoms with E-state index in [1.165, 1.54) is 0 Å². The predicted octanol–water partition coefficient (Wildman–Crippen LogP) is 5.33. The Morgan fingerprint density at radius 1 is 1.21 bits per heavy atom. The van der Waals surface area contributed by atoms with Crippen LogP contribution in [-0.4, -0.2) is 15.5 Å². The van der Waals surface area contributed by atoms with Crippen molar-refractivity contribution in [1.29, 1.82) is 0 Å². The number of halogens is 1. The van der Waals surface area contributed by atoms with Gasteiger partial charge in [-0.1, -0.05) is 6.92 Å². The first-order valence-electron chi connectivity index (χ1n) is 8.07. The second-order valence-corrected chi connectivity index (χ2v) is 7.78. The fraction of sp³-hybridized carbons (Fsp3) is 0.316. The van der Waals surface area contributed by atoms with E-state index in [9.17, 15) is 4.39 Å². The van der Waals surface area contributed by atoms with Crippen molar-refractivity contribution in [3.63, 3.8) is 0 Å². The van der Waals surface area contributed by atoms with Crippen LogP contribution in [0.3, 0.4) is 0 Å². The lowest BCUT2D eigenvalue weighted by molar-refractivity contribution is 0.535. The fourth-order valence-corrected chi connectivity index (χ4v) is 3.08. The summed E-state index contributed by atoms with van der Waals surface area (Å²) in [5.41, 5.74) is 3.46. The van der Waals surface area contributed by atoms with Crippen molar-refractivity contribution in [2.24, 2.45) is 0 Å². The molecule has 2 heterocycles. The SMILES string of the molecule is CCc1cc2[nH]c(-c3ccc(SNC(C)(C)C)cn3)cc2cc1F. The second kappa shape index (κ2) is 6.57. The monoisotopic (exact) mass is 343 g/mol. The summed E-state index contributed by atoms with van der Waals surface area (Å²) in [7, 11) is 0. The zero-order valence-corrected chi connectivity index (χ0v) is 15.2. The molecule has 3 rings (SSSR count). The minimum atomic E-state index is -0.150. The number of rotatable bonds is 4. The van der Waals surface area contributed by atoms with E-state index in [0.717, 1.165) is 32.7 Å². The summed E-state index contributed by atoms with van der Waals surface area (Å²) in [6.45, 7) is 8.32. The molecule has 0 radical (unpaired) electrons. The van der Waals surface area contributed by atoms with Crippen LogP contribution >= 0.6 is 11.9 Å². The van der Waals surface area contributed by atoms with Crippen LogP contribution in [0.15, 0.2) is 41.4 Å². The molecule has 24 heavy (non-hydrogen) atoms. The highest BCUT2D eigenvalue weighted by atomic mass is 32.2. The summed E-state index contributed by atoms with van der Waals surface area (Å²) < 4.78 is 17.3. The van der Waals surface area contributed by atoms with Gasteiger partial charge >= 0.3 is 0 Å². The zero-order valence-electron chi connectivity index (χ0n) is 14.4. The van der Waals surface area contributed by atoms with Gasteiger partial charge in [0.05, 0.1) is 11.4 Å². The van der Waals surface area contributed by atoms with Gasteiger partial charge in [-0.15, -0.1) is 0 Å². The number of hydrogen-bond donors (Lipinski definition) is 2. The zero-order chi connectivity index (χ0) is 17.3. The summed E-state index contributed by atoms with van der Waals surface area (Å²) in [5.74, 6) is -0.150. The van der Waals surface area contributed by atoms with Gasteiger partial charge in [0.15, 0.2) is 0 Å². The topological polar surface area (TPSA) is 40.7 Å². The number of H-pyrrole nitrogens is 1. The molecule has 0 aliphatic rings. The van der Waals surface area contributed by atoms with E-state index >= 15 is 0 Å². The molecule has 0 aliphatic heterocycles. The molecule has 0 saturated heterocycles. The molecule has 5 heteroatoms. The molecule has 1 aromatic carbocycles. The summed E-state index contributed by atoms with van der Waals surface area (Å²) in [5, 5.41) is 0.870. The standard InChI is InChI=1S/C19H22FN3S/c1-5-12-9-17-13(8-15(12)20)10-18(22-17)16-7-6-14(11-21-16)24-23-19(2,3)4/h6-11,22-23H,5H2,1-4H3. The maximum absolute atomic E-state index is 13.9. The van der Waals surface area contributed by atoms with Crippen molar-refractivity contribution in [2.75, 3.05) is 0 Å². The quantitative estimate of drug-likeness (QED) is 0.629. The molecular weight excluding hydrogens is 321 g/mol. The lowest BCUT2D eigenvalue weighted by atomic mass is 10.1. The van der Waals surface area contributed by atoms with Crippen LogP contribution in [0.4, 0.5) is 4.39 Å². The Hall–Kier alpha value is -1.85. The lowest BCUT2D eigenvalue weighted by Crippen LogP contribution is -2.29. The minimum absolute atomic E-state index is 0.0432. The number of benzene rings is 1. The molecule has 0 amide bonds. The van der Waals surface area contributed by atoms with E-state index in [1.54, 1.807) is 18.0 Å². The highest BCUT2D eigenvalue weighted by Gasteiger charge is 2.11. The van der Waals surface area contributed by atoms with Crippen molar-refractivity contribution in [2.45, 2.75) is 44.6 Å². The number of fused-ring (bicyclic) bond motifs is 1. The van der Waals surface area contributed by atoms with Gasteiger partial charge in [0.2, 0.25) is 0 Å². The Morgan fingerprint density at radius 3 is 2.62 bits per heavy atom. The summed E-state index contributed by atoms with van der Waals surface area (Å²) in [6.07, 6.45) is 2.53. The van der Waals surface area contributed by atoms with Crippen molar-refractivity contribution in [1.82, 2.24) is 14.7 Å².